The summed E-state index contributed by atoms with van der Waals surface area (Å²) >= 11 is 0. The van der Waals surface area contributed by atoms with Gasteiger partial charge in [-0.05, 0) is 44.1 Å². The van der Waals surface area contributed by atoms with Crippen LogP contribution in [0.25, 0.3) is 0 Å². The zero-order chi connectivity index (χ0) is 25.5. The first-order chi connectivity index (χ1) is 16.3. The first-order valence-electron chi connectivity index (χ1n) is 10.9. The molecule has 0 amide bonds. The summed E-state index contributed by atoms with van der Waals surface area (Å²) in [5.74, 6) is -0.680. The summed E-state index contributed by atoms with van der Waals surface area (Å²) in [4.78, 5) is 22.9. The second-order valence-electron chi connectivity index (χ2n) is 8.95. The van der Waals surface area contributed by atoms with Crippen molar-refractivity contribution in [1.29, 1.82) is 0 Å². The molecule has 0 aliphatic carbocycles. The summed E-state index contributed by atoms with van der Waals surface area (Å²) in [5, 5.41) is 5.88. The SMILES string of the molecule is CN1CCc2c(cc(Nc3ncc(C(F)(F)F)c(Nc4ccccc4P(C)(C)=O)n3)c(=O)n2C)C1. The number of rotatable bonds is 5. The molecule has 2 aromatic heterocycles. The third kappa shape index (κ3) is 5.26. The molecule has 0 spiro atoms. The van der Waals surface area contributed by atoms with E-state index < -0.39 is 24.7 Å². The molecular weight excluding hydrogens is 480 g/mol. The van der Waals surface area contributed by atoms with E-state index in [1.807, 2.05) is 7.05 Å². The molecular formula is C23H26F3N6O2P. The van der Waals surface area contributed by atoms with Crippen molar-refractivity contribution in [2.75, 3.05) is 37.6 Å². The molecule has 186 valence electrons. The Morgan fingerprint density at radius 2 is 1.80 bits per heavy atom. The minimum Gasteiger partial charge on any atom is -0.339 e. The third-order valence-corrected chi connectivity index (χ3v) is 7.43. The molecule has 12 heteroatoms. The molecule has 1 aliphatic heterocycles. The molecule has 3 heterocycles. The highest BCUT2D eigenvalue weighted by atomic mass is 31.2. The van der Waals surface area contributed by atoms with E-state index in [-0.39, 0.29) is 22.9 Å². The van der Waals surface area contributed by atoms with Crippen molar-refractivity contribution in [2.24, 2.45) is 7.05 Å². The summed E-state index contributed by atoms with van der Waals surface area (Å²) in [6.07, 6.45) is -3.35. The highest BCUT2D eigenvalue weighted by Crippen LogP contribution is 2.40. The Hall–Kier alpha value is -3.17. The number of nitrogens with one attached hydrogen (secondary N) is 2. The number of anilines is 4. The number of aromatic nitrogens is 3. The average Bonchev–Trinajstić information content (AvgIpc) is 2.76. The van der Waals surface area contributed by atoms with E-state index >= 15 is 0 Å². The van der Waals surface area contributed by atoms with E-state index in [0.717, 1.165) is 24.2 Å². The van der Waals surface area contributed by atoms with Gasteiger partial charge < -0.3 is 24.7 Å². The lowest BCUT2D eigenvalue weighted by Crippen LogP contribution is -2.33. The Labute approximate surface area is 200 Å². The smallest absolute Gasteiger partial charge is 0.339 e. The van der Waals surface area contributed by atoms with Crippen LogP contribution in [-0.4, -0.2) is 46.4 Å². The number of para-hydroxylation sites is 1. The number of halogens is 3. The Morgan fingerprint density at radius 3 is 2.49 bits per heavy atom. The summed E-state index contributed by atoms with van der Waals surface area (Å²) in [7, 11) is 0.849. The lowest BCUT2D eigenvalue weighted by Gasteiger charge is -2.27. The van der Waals surface area contributed by atoms with Gasteiger partial charge in [0.1, 0.15) is 24.2 Å². The van der Waals surface area contributed by atoms with Crippen molar-refractivity contribution < 1.29 is 17.7 Å². The summed E-state index contributed by atoms with van der Waals surface area (Å²) < 4.78 is 55.4. The van der Waals surface area contributed by atoms with E-state index in [1.54, 1.807) is 41.9 Å². The van der Waals surface area contributed by atoms with E-state index in [0.29, 0.717) is 18.0 Å². The predicted octanol–water partition coefficient (Wildman–Crippen LogP) is 3.92. The zero-order valence-corrected chi connectivity index (χ0v) is 20.7. The van der Waals surface area contributed by atoms with E-state index in [1.165, 1.54) is 13.3 Å². The van der Waals surface area contributed by atoms with Gasteiger partial charge in [0.25, 0.3) is 5.56 Å². The fourth-order valence-corrected chi connectivity index (χ4v) is 5.26. The second-order valence-corrected chi connectivity index (χ2v) is 12.1. The number of hydrogen-bond acceptors (Lipinski definition) is 7. The first kappa shape index (κ1) is 24.9. The minimum atomic E-state index is -4.73. The topological polar surface area (TPSA) is 92.2 Å². The highest BCUT2D eigenvalue weighted by molar-refractivity contribution is 7.70. The van der Waals surface area contributed by atoms with Crippen LogP contribution in [0.3, 0.4) is 0 Å². The Bertz CT molecular complexity index is 1380. The van der Waals surface area contributed by atoms with Crippen LogP contribution in [0.2, 0.25) is 0 Å². The lowest BCUT2D eigenvalue weighted by molar-refractivity contribution is -0.137. The minimum absolute atomic E-state index is 0.166. The van der Waals surface area contributed by atoms with Crippen molar-refractivity contribution in [1.82, 2.24) is 19.4 Å². The largest absolute Gasteiger partial charge is 0.421 e. The van der Waals surface area contributed by atoms with Crippen LogP contribution in [-0.2, 0) is 30.8 Å². The van der Waals surface area contributed by atoms with Gasteiger partial charge in [0, 0.05) is 43.8 Å². The van der Waals surface area contributed by atoms with E-state index in [9.17, 15) is 22.5 Å². The van der Waals surface area contributed by atoms with Crippen LogP contribution >= 0.6 is 7.14 Å². The van der Waals surface area contributed by atoms with E-state index in [2.05, 4.69) is 25.5 Å². The molecule has 1 aliphatic rings. The number of hydrogen-bond donors (Lipinski definition) is 2. The molecule has 0 saturated heterocycles. The maximum absolute atomic E-state index is 13.7. The van der Waals surface area contributed by atoms with Gasteiger partial charge in [-0.15, -0.1) is 0 Å². The van der Waals surface area contributed by atoms with Crippen LogP contribution in [0.15, 0.2) is 41.3 Å². The van der Waals surface area contributed by atoms with Gasteiger partial charge in [-0.3, -0.25) is 4.79 Å². The van der Waals surface area contributed by atoms with Crippen molar-refractivity contribution in [3.05, 3.63) is 63.7 Å². The molecule has 3 aromatic rings. The van der Waals surface area contributed by atoms with Crippen LogP contribution in [0.5, 0.6) is 0 Å². The van der Waals surface area contributed by atoms with Gasteiger partial charge in [0.2, 0.25) is 5.95 Å². The van der Waals surface area contributed by atoms with Crippen LogP contribution in [0, 0.1) is 0 Å². The van der Waals surface area contributed by atoms with Crippen LogP contribution in [0.1, 0.15) is 16.8 Å². The standard InChI is InChI=1S/C23H26F3N6O2P/c1-31-10-9-18-14(13-31)11-17(21(33)32(18)2)29-22-27-12-15(23(24,25)26)20(30-22)28-16-7-5-6-8-19(16)35(3,4)34/h5-8,11-12H,9-10,13H2,1-4H3,(H2,27,28,29,30). The molecule has 0 unspecified atom stereocenters. The number of benzene rings is 1. The summed E-state index contributed by atoms with van der Waals surface area (Å²) in [6.45, 7) is 4.54. The van der Waals surface area contributed by atoms with Gasteiger partial charge in [-0.25, -0.2) is 4.98 Å². The molecule has 8 nitrogen and oxygen atoms in total. The molecule has 0 fully saturated rings. The van der Waals surface area contributed by atoms with Crippen molar-refractivity contribution in [2.45, 2.75) is 19.1 Å². The van der Waals surface area contributed by atoms with Crippen LogP contribution in [0.4, 0.5) is 36.3 Å². The maximum atomic E-state index is 13.7. The van der Waals surface area contributed by atoms with Gasteiger partial charge in [0.05, 0.1) is 5.69 Å². The Balaban J connectivity index is 1.75. The Kier molecular flexibility index (Phi) is 6.50. The monoisotopic (exact) mass is 506 g/mol. The lowest BCUT2D eigenvalue weighted by atomic mass is 10.1. The maximum Gasteiger partial charge on any atom is 0.421 e. The first-order valence-corrected chi connectivity index (χ1v) is 13.5. The third-order valence-electron chi connectivity index (χ3n) is 5.88. The van der Waals surface area contributed by atoms with E-state index in [4.69, 9.17) is 0 Å². The molecule has 0 radical (unpaired) electrons. The van der Waals surface area contributed by atoms with Gasteiger partial charge in [-0.1, -0.05) is 12.1 Å². The molecule has 2 N–H and O–H groups in total. The Morgan fingerprint density at radius 1 is 1.09 bits per heavy atom. The normalized spacial score (nSPS) is 14.5. The average molecular weight is 506 g/mol. The highest BCUT2D eigenvalue weighted by Gasteiger charge is 2.36. The molecule has 35 heavy (non-hydrogen) atoms. The van der Waals surface area contributed by atoms with Crippen molar-refractivity contribution in [3.8, 4) is 0 Å². The molecule has 0 bridgehead atoms. The molecule has 1 aromatic carbocycles. The fraction of sp³-hybridized carbons (Fsp3) is 0.348. The predicted molar refractivity (Wildman–Crippen MR) is 131 cm³/mol. The van der Waals surface area contributed by atoms with Gasteiger partial charge in [-0.2, -0.15) is 18.2 Å². The number of nitrogens with zero attached hydrogens (tertiary/aromatic N) is 4. The molecule has 0 atom stereocenters. The number of alkyl halides is 3. The van der Waals surface area contributed by atoms with Gasteiger partial charge in [0.15, 0.2) is 0 Å². The van der Waals surface area contributed by atoms with Crippen molar-refractivity contribution in [3.63, 3.8) is 0 Å². The number of likely N-dealkylation sites (N-methyl/N-ethyl adjacent to an activating group) is 1. The quantitative estimate of drug-likeness (QED) is 0.507. The summed E-state index contributed by atoms with van der Waals surface area (Å²) in [6, 6.07) is 8.13. The summed E-state index contributed by atoms with van der Waals surface area (Å²) in [5.41, 5.74) is 0.885. The van der Waals surface area contributed by atoms with Crippen LogP contribution < -0.4 is 21.5 Å². The number of pyridine rings is 1. The number of fused-ring (bicyclic) bond motifs is 1. The fourth-order valence-electron chi connectivity index (χ4n) is 4.10. The molecule has 0 saturated carbocycles. The van der Waals surface area contributed by atoms with Crippen molar-refractivity contribution >= 4 is 35.6 Å². The van der Waals surface area contributed by atoms with Gasteiger partial charge >= 0.3 is 6.18 Å². The molecule has 4 rings (SSSR count). The second kappa shape index (κ2) is 9.13. The zero-order valence-electron chi connectivity index (χ0n) is 19.8.